The molecule has 0 unspecified atom stereocenters. The lowest BCUT2D eigenvalue weighted by Gasteiger charge is -2.13. The van der Waals surface area contributed by atoms with Crippen molar-refractivity contribution in [2.75, 3.05) is 12.4 Å². The highest BCUT2D eigenvalue weighted by atomic mass is 19.4. The second kappa shape index (κ2) is 6.79. The Morgan fingerprint density at radius 3 is 2.52 bits per heavy atom. The van der Waals surface area contributed by atoms with E-state index in [-0.39, 0.29) is 11.4 Å². The van der Waals surface area contributed by atoms with E-state index in [0.717, 1.165) is 16.7 Å². The molecule has 0 aliphatic carbocycles. The van der Waals surface area contributed by atoms with Gasteiger partial charge in [0.25, 0.3) is 11.5 Å². The van der Waals surface area contributed by atoms with Crippen molar-refractivity contribution in [3.05, 3.63) is 70.1 Å². The molecule has 140 valence electrons. The number of amides is 1. The summed E-state index contributed by atoms with van der Waals surface area (Å²) in [5, 5.41) is 3.29. The molecule has 0 saturated carbocycles. The Balaban J connectivity index is 2.01. The second-order valence-corrected chi connectivity index (χ2v) is 5.88. The van der Waals surface area contributed by atoms with Gasteiger partial charge in [-0.05, 0) is 47.9 Å². The van der Waals surface area contributed by atoms with Crippen LogP contribution in [0.2, 0.25) is 0 Å². The highest BCUT2D eigenvalue weighted by molar-refractivity contribution is 6.05. The van der Waals surface area contributed by atoms with Crippen LogP contribution in [0.25, 0.3) is 10.8 Å². The van der Waals surface area contributed by atoms with Gasteiger partial charge in [-0.15, -0.1) is 0 Å². The molecule has 0 aliphatic rings. The van der Waals surface area contributed by atoms with Gasteiger partial charge in [-0.1, -0.05) is 6.07 Å². The third kappa shape index (κ3) is 3.64. The number of hydrogen-bond acceptors (Lipinski definition) is 3. The maximum absolute atomic E-state index is 12.8. The summed E-state index contributed by atoms with van der Waals surface area (Å²) < 4.78 is 44.7. The molecular weight excluding hydrogens is 361 g/mol. The first kappa shape index (κ1) is 18.5. The quantitative estimate of drug-likeness (QED) is 0.756. The van der Waals surface area contributed by atoms with E-state index in [2.05, 4.69) is 5.32 Å². The van der Waals surface area contributed by atoms with Gasteiger partial charge in [-0.2, -0.15) is 13.2 Å². The van der Waals surface area contributed by atoms with Gasteiger partial charge in [0.05, 0.1) is 12.7 Å². The van der Waals surface area contributed by atoms with Crippen LogP contribution in [0.1, 0.15) is 16.1 Å². The summed E-state index contributed by atoms with van der Waals surface area (Å²) in [6.45, 7) is 0. The van der Waals surface area contributed by atoms with E-state index >= 15 is 0 Å². The van der Waals surface area contributed by atoms with Crippen LogP contribution in [0.5, 0.6) is 5.75 Å². The van der Waals surface area contributed by atoms with Crippen LogP contribution in [-0.2, 0) is 13.2 Å². The van der Waals surface area contributed by atoms with Gasteiger partial charge >= 0.3 is 6.18 Å². The average Bonchev–Trinajstić information content (AvgIpc) is 2.63. The summed E-state index contributed by atoms with van der Waals surface area (Å²) >= 11 is 0. The largest absolute Gasteiger partial charge is 0.497 e. The minimum absolute atomic E-state index is 0.0122. The molecule has 0 fully saturated rings. The van der Waals surface area contributed by atoms with Crippen molar-refractivity contribution in [1.82, 2.24) is 4.57 Å². The first-order chi connectivity index (χ1) is 12.7. The molecule has 8 heteroatoms. The molecule has 0 atom stereocenters. The van der Waals surface area contributed by atoms with Gasteiger partial charge in [0.1, 0.15) is 11.4 Å². The van der Waals surface area contributed by atoms with Crippen molar-refractivity contribution in [3.8, 4) is 5.75 Å². The van der Waals surface area contributed by atoms with E-state index < -0.39 is 23.2 Å². The van der Waals surface area contributed by atoms with Gasteiger partial charge in [0.15, 0.2) is 0 Å². The molecule has 2 aromatic carbocycles. The van der Waals surface area contributed by atoms with Crippen LogP contribution in [-0.4, -0.2) is 17.6 Å². The van der Waals surface area contributed by atoms with Crippen molar-refractivity contribution in [1.29, 1.82) is 0 Å². The Morgan fingerprint density at radius 2 is 1.85 bits per heavy atom. The number of nitrogens with zero attached hydrogens (tertiary/aromatic N) is 1. The molecule has 27 heavy (non-hydrogen) atoms. The molecule has 5 nitrogen and oxygen atoms in total. The highest BCUT2D eigenvalue weighted by Crippen LogP contribution is 2.30. The third-order valence-electron chi connectivity index (χ3n) is 4.13. The molecule has 0 radical (unpaired) electrons. The first-order valence-corrected chi connectivity index (χ1v) is 7.87. The smallest absolute Gasteiger partial charge is 0.416 e. The predicted molar refractivity (Wildman–Crippen MR) is 95.1 cm³/mol. The summed E-state index contributed by atoms with van der Waals surface area (Å²) in [6.07, 6.45) is -4.52. The van der Waals surface area contributed by atoms with Crippen LogP contribution in [0.4, 0.5) is 18.9 Å². The van der Waals surface area contributed by atoms with Gasteiger partial charge in [-0.3, -0.25) is 9.59 Å². The second-order valence-electron chi connectivity index (χ2n) is 5.88. The number of pyridine rings is 1. The number of aromatic nitrogens is 1. The van der Waals surface area contributed by atoms with E-state index in [4.69, 9.17) is 4.74 Å². The van der Waals surface area contributed by atoms with Gasteiger partial charge in [-0.25, -0.2) is 0 Å². The topological polar surface area (TPSA) is 60.3 Å². The number of carbonyl (C=O) groups excluding carboxylic acids is 1. The number of hydrogen-bond donors (Lipinski definition) is 1. The van der Waals surface area contributed by atoms with E-state index in [0.29, 0.717) is 16.5 Å². The minimum atomic E-state index is -4.52. The standard InChI is InChI=1S/C19H15F3N2O3/c1-24-16(9-11-8-14(27-2)6-7-15(11)18(24)26)17(25)23-13-5-3-4-12(10-13)19(20,21)22/h3-10H,1-2H3,(H,23,25). The molecule has 0 saturated heterocycles. The van der Waals surface area contributed by atoms with Gasteiger partial charge < -0.3 is 14.6 Å². The minimum Gasteiger partial charge on any atom is -0.497 e. The number of halogens is 3. The molecular formula is C19H15F3N2O3. The van der Waals surface area contributed by atoms with Crippen LogP contribution >= 0.6 is 0 Å². The molecule has 0 spiro atoms. The number of fused-ring (bicyclic) bond motifs is 1. The lowest BCUT2D eigenvalue weighted by molar-refractivity contribution is -0.137. The summed E-state index contributed by atoms with van der Waals surface area (Å²) in [5.74, 6) is -0.182. The highest BCUT2D eigenvalue weighted by Gasteiger charge is 2.30. The van der Waals surface area contributed by atoms with Crippen LogP contribution in [0.3, 0.4) is 0 Å². The number of methoxy groups -OCH3 is 1. The first-order valence-electron chi connectivity index (χ1n) is 7.87. The molecule has 1 amide bonds. The fraction of sp³-hybridized carbons (Fsp3) is 0.158. The molecule has 1 N–H and O–H groups in total. The number of rotatable bonds is 3. The summed E-state index contributed by atoms with van der Waals surface area (Å²) in [6, 6.07) is 10.6. The Labute approximate surface area is 152 Å². The Morgan fingerprint density at radius 1 is 1.11 bits per heavy atom. The third-order valence-corrected chi connectivity index (χ3v) is 4.13. The van der Waals surface area contributed by atoms with Crippen molar-refractivity contribution in [2.45, 2.75) is 6.18 Å². The van der Waals surface area contributed by atoms with E-state index in [1.165, 1.54) is 32.4 Å². The van der Waals surface area contributed by atoms with Gasteiger partial charge in [0.2, 0.25) is 0 Å². The fourth-order valence-electron chi connectivity index (χ4n) is 2.70. The number of carbonyl (C=O) groups is 1. The molecule has 1 aromatic heterocycles. The van der Waals surface area contributed by atoms with Crippen LogP contribution < -0.4 is 15.6 Å². The predicted octanol–water partition coefficient (Wildman–Crippen LogP) is 3.82. The van der Waals surface area contributed by atoms with E-state index in [1.54, 1.807) is 18.2 Å². The Hall–Kier alpha value is -3.29. The zero-order valence-electron chi connectivity index (χ0n) is 14.4. The fourth-order valence-corrected chi connectivity index (χ4v) is 2.70. The number of alkyl halides is 3. The number of benzene rings is 2. The molecule has 0 aliphatic heterocycles. The van der Waals surface area contributed by atoms with Crippen molar-refractivity contribution in [2.24, 2.45) is 7.05 Å². The maximum atomic E-state index is 12.8. The lowest BCUT2D eigenvalue weighted by atomic mass is 10.1. The maximum Gasteiger partial charge on any atom is 0.416 e. The van der Waals surface area contributed by atoms with Crippen molar-refractivity contribution < 1.29 is 22.7 Å². The number of anilines is 1. The monoisotopic (exact) mass is 376 g/mol. The Bertz CT molecular complexity index is 1090. The molecule has 3 aromatic rings. The normalized spacial score (nSPS) is 11.4. The Kier molecular flexibility index (Phi) is 4.65. The van der Waals surface area contributed by atoms with Crippen molar-refractivity contribution in [3.63, 3.8) is 0 Å². The molecule has 0 bridgehead atoms. The zero-order chi connectivity index (χ0) is 19.8. The van der Waals surface area contributed by atoms with Gasteiger partial charge in [0, 0.05) is 18.1 Å². The summed E-state index contributed by atoms with van der Waals surface area (Å²) in [5.41, 5.74) is -1.28. The van der Waals surface area contributed by atoms with Crippen LogP contribution in [0.15, 0.2) is 53.3 Å². The SMILES string of the molecule is COc1ccc2c(=O)n(C)c(C(=O)Nc3cccc(C(F)(F)F)c3)cc2c1. The van der Waals surface area contributed by atoms with E-state index in [1.807, 2.05) is 0 Å². The van der Waals surface area contributed by atoms with E-state index in [9.17, 15) is 22.8 Å². The number of ether oxygens (including phenoxy) is 1. The zero-order valence-corrected chi connectivity index (χ0v) is 14.4. The number of nitrogens with one attached hydrogen (secondary N) is 1. The van der Waals surface area contributed by atoms with Crippen molar-refractivity contribution >= 4 is 22.4 Å². The summed E-state index contributed by atoms with van der Waals surface area (Å²) in [7, 11) is 2.90. The molecule has 1 heterocycles. The van der Waals surface area contributed by atoms with Crippen LogP contribution in [0, 0.1) is 0 Å². The average molecular weight is 376 g/mol. The molecule has 3 rings (SSSR count). The summed E-state index contributed by atoms with van der Waals surface area (Å²) in [4.78, 5) is 25.0. The lowest BCUT2D eigenvalue weighted by Crippen LogP contribution is -2.26.